The van der Waals surface area contributed by atoms with Crippen molar-refractivity contribution >= 4 is 5.78 Å². The molecule has 2 aliphatic carbocycles. The summed E-state index contributed by atoms with van der Waals surface area (Å²) in [5, 5.41) is 0. The van der Waals surface area contributed by atoms with Gasteiger partial charge in [0, 0.05) is 24.9 Å². The molecule has 0 amide bonds. The van der Waals surface area contributed by atoms with Crippen molar-refractivity contribution in [2.75, 3.05) is 7.05 Å². The van der Waals surface area contributed by atoms with Gasteiger partial charge in [-0.25, -0.2) is 0 Å². The highest BCUT2D eigenvalue weighted by atomic mass is 16.1. The van der Waals surface area contributed by atoms with Gasteiger partial charge in [0.25, 0.3) is 0 Å². The number of Topliss-reactive ketones (excluding diaryl/α,β-unsaturated/α-hetero) is 1. The van der Waals surface area contributed by atoms with Crippen LogP contribution < -0.4 is 0 Å². The van der Waals surface area contributed by atoms with Crippen molar-refractivity contribution in [2.45, 2.75) is 70.4 Å². The summed E-state index contributed by atoms with van der Waals surface area (Å²) in [5.41, 5.74) is 0. The third-order valence-electron chi connectivity index (χ3n) is 4.52. The lowest BCUT2D eigenvalue weighted by molar-refractivity contribution is -0.122. The van der Waals surface area contributed by atoms with Gasteiger partial charge in [-0.3, -0.25) is 4.79 Å². The Morgan fingerprint density at radius 1 is 1.12 bits per heavy atom. The molecule has 92 valence electrons. The molecule has 0 radical (unpaired) electrons. The van der Waals surface area contributed by atoms with E-state index in [1.807, 2.05) is 0 Å². The summed E-state index contributed by atoms with van der Waals surface area (Å²) in [6, 6.07) is 1.27. The average Bonchev–Trinajstić information content (AvgIpc) is 2.28. The van der Waals surface area contributed by atoms with Crippen LogP contribution in [0.1, 0.15) is 58.3 Å². The number of hydrogen-bond donors (Lipinski definition) is 0. The van der Waals surface area contributed by atoms with E-state index in [0.29, 0.717) is 11.8 Å². The van der Waals surface area contributed by atoms with Crippen LogP contribution in [0.2, 0.25) is 0 Å². The summed E-state index contributed by atoms with van der Waals surface area (Å²) in [4.78, 5) is 14.0. The molecule has 2 rings (SSSR count). The van der Waals surface area contributed by atoms with Crippen LogP contribution in [-0.4, -0.2) is 29.8 Å². The zero-order chi connectivity index (χ0) is 11.5. The van der Waals surface area contributed by atoms with Crippen molar-refractivity contribution in [3.05, 3.63) is 0 Å². The Bertz CT molecular complexity index is 251. The van der Waals surface area contributed by atoms with Crippen molar-refractivity contribution in [3.63, 3.8) is 0 Å². The van der Waals surface area contributed by atoms with Gasteiger partial charge in [0.1, 0.15) is 5.78 Å². The molecule has 2 fully saturated rings. The second-order valence-corrected chi connectivity index (χ2v) is 5.88. The first-order valence-electron chi connectivity index (χ1n) is 6.90. The second-order valence-electron chi connectivity index (χ2n) is 5.88. The van der Waals surface area contributed by atoms with Gasteiger partial charge in [-0.15, -0.1) is 0 Å². The van der Waals surface area contributed by atoms with Crippen LogP contribution in [0.5, 0.6) is 0 Å². The lowest BCUT2D eigenvalue weighted by Crippen LogP contribution is -2.44. The smallest absolute Gasteiger partial charge is 0.134 e. The maximum atomic E-state index is 11.5. The predicted molar refractivity (Wildman–Crippen MR) is 66.4 cm³/mol. The first kappa shape index (κ1) is 12.1. The van der Waals surface area contributed by atoms with Crippen molar-refractivity contribution in [3.8, 4) is 0 Å². The van der Waals surface area contributed by atoms with E-state index in [9.17, 15) is 4.79 Å². The minimum atomic E-state index is 0.479. The van der Waals surface area contributed by atoms with E-state index in [1.54, 1.807) is 0 Å². The lowest BCUT2D eigenvalue weighted by Gasteiger charge is -2.40. The van der Waals surface area contributed by atoms with Crippen molar-refractivity contribution in [1.29, 1.82) is 0 Å². The van der Waals surface area contributed by atoms with Crippen LogP contribution in [0.3, 0.4) is 0 Å². The van der Waals surface area contributed by atoms with E-state index in [-0.39, 0.29) is 0 Å². The molecule has 0 aliphatic heterocycles. The zero-order valence-electron chi connectivity index (χ0n) is 10.7. The molecule has 0 bridgehead atoms. The molecule has 0 aromatic carbocycles. The van der Waals surface area contributed by atoms with E-state index in [2.05, 4.69) is 18.9 Å². The Morgan fingerprint density at radius 3 is 2.56 bits per heavy atom. The number of carbonyl (C=O) groups excluding carboxylic acids is 1. The Labute approximate surface area is 99.4 Å². The molecule has 16 heavy (non-hydrogen) atoms. The number of hydrogen-bond acceptors (Lipinski definition) is 2. The molecule has 0 aromatic heterocycles. The van der Waals surface area contributed by atoms with E-state index >= 15 is 0 Å². The third kappa shape index (κ3) is 2.85. The maximum Gasteiger partial charge on any atom is 0.134 e. The molecule has 2 aliphatic rings. The summed E-state index contributed by atoms with van der Waals surface area (Å²) < 4.78 is 0. The molecule has 2 saturated carbocycles. The molecule has 0 N–H and O–H groups in total. The summed E-state index contributed by atoms with van der Waals surface area (Å²) >= 11 is 0. The van der Waals surface area contributed by atoms with Gasteiger partial charge >= 0.3 is 0 Å². The first-order chi connectivity index (χ1) is 7.66. The molecule has 0 heterocycles. The van der Waals surface area contributed by atoms with E-state index in [0.717, 1.165) is 31.2 Å². The molecule has 0 spiro atoms. The topological polar surface area (TPSA) is 20.3 Å². The standard InChI is InChI=1S/C14H25NO/c1-11-5-3-6-12(9-11)15(2)13-7-4-8-14(16)10-13/h11-13H,3-10H2,1-2H3. The highest BCUT2D eigenvalue weighted by Crippen LogP contribution is 2.30. The average molecular weight is 223 g/mol. The number of carbonyl (C=O) groups is 1. The van der Waals surface area contributed by atoms with Crippen LogP contribution in [0.4, 0.5) is 0 Å². The Hall–Kier alpha value is -0.370. The summed E-state index contributed by atoms with van der Waals surface area (Å²) in [5.74, 6) is 1.35. The third-order valence-corrected chi connectivity index (χ3v) is 4.52. The van der Waals surface area contributed by atoms with Gasteiger partial charge in [0.05, 0.1) is 0 Å². The van der Waals surface area contributed by atoms with Gasteiger partial charge in [0.15, 0.2) is 0 Å². The van der Waals surface area contributed by atoms with Gasteiger partial charge in [-0.05, 0) is 38.6 Å². The molecule has 2 nitrogen and oxygen atoms in total. The molecular weight excluding hydrogens is 198 g/mol. The SMILES string of the molecule is CC1CCCC(N(C)C2CCCC(=O)C2)C1. The van der Waals surface area contributed by atoms with Crippen LogP contribution >= 0.6 is 0 Å². The molecule has 3 unspecified atom stereocenters. The van der Waals surface area contributed by atoms with Gasteiger partial charge in [0.2, 0.25) is 0 Å². The van der Waals surface area contributed by atoms with Crippen molar-refractivity contribution in [2.24, 2.45) is 5.92 Å². The second kappa shape index (κ2) is 5.31. The summed E-state index contributed by atoms with van der Waals surface area (Å²) in [6.45, 7) is 2.37. The highest BCUT2D eigenvalue weighted by Gasteiger charge is 2.29. The number of nitrogens with zero attached hydrogens (tertiary/aromatic N) is 1. The molecular formula is C14H25NO. The van der Waals surface area contributed by atoms with Crippen molar-refractivity contribution < 1.29 is 4.79 Å². The Balaban J connectivity index is 1.90. The highest BCUT2D eigenvalue weighted by molar-refractivity contribution is 5.79. The van der Waals surface area contributed by atoms with E-state index < -0.39 is 0 Å². The van der Waals surface area contributed by atoms with Crippen LogP contribution in [-0.2, 0) is 4.79 Å². The number of rotatable bonds is 2. The fourth-order valence-electron chi connectivity index (χ4n) is 3.42. The quantitative estimate of drug-likeness (QED) is 0.717. The maximum absolute atomic E-state index is 11.5. The molecule has 0 saturated heterocycles. The van der Waals surface area contributed by atoms with Gasteiger partial charge in [-0.1, -0.05) is 19.8 Å². The monoisotopic (exact) mass is 223 g/mol. The zero-order valence-corrected chi connectivity index (χ0v) is 10.7. The van der Waals surface area contributed by atoms with Crippen LogP contribution in [0.15, 0.2) is 0 Å². The minimum Gasteiger partial charge on any atom is -0.300 e. The largest absolute Gasteiger partial charge is 0.300 e. The fraction of sp³-hybridized carbons (Fsp3) is 0.929. The Kier molecular flexibility index (Phi) is 4.01. The molecule has 2 heteroatoms. The fourth-order valence-corrected chi connectivity index (χ4v) is 3.42. The predicted octanol–water partition coefficient (Wildman–Crippen LogP) is 3.01. The summed E-state index contributed by atoms with van der Waals surface area (Å²) in [6.07, 6.45) is 9.41. The van der Waals surface area contributed by atoms with Crippen LogP contribution in [0.25, 0.3) is 0 Å². The summed E-state index contributed by atoms with van der Waals surface area (Å²) in [7, 11) is 2.24. The molecule has 0 aromatic rings. The Morgan fingerprint density at radius 2 is 1.88 bits per heavy atom. The van der Waals surface area contributed by atoms with E-state index in [1.165, 1.54) is 32.1 Å². The van der Waals surface area contributed by atoms with E-state index in [4.69, 9.17) is 0 Å². The lowest BCUT2D eigenvalue weighted by atomic mass is 9.84. The van der Waals surface area contributed by atoms with Crippen molar-refractivity contribution in [1.82, 2.24) is 4.90 Å². The first-order valence-corrected chi connectivity index (χ1v) is 6.90. The molecule has 3 atom stereocenters. The minimum absolute atomic E-state index is 0.479. The normalized spacial score (nSPS) is 36.7. The number of ketones is 1. The van der Waals surface area contributed by atoms with Gasteiger partial charge < -0.3 is 4.90 Å². The van der Waals surface area contributed by atoms with Crippen LogP contribution in [0, 0.1) is 5.92 Å². The van der Waals surface area contributed by atoms with Gasteiger partial charge in [-0.2, -0.15) is 0 Å².